The van der Waals surface area contributed by atoms with Crippen molar-refractivity contribution in [3.05, 3.63) is 48.5 Å². The minimum Gasteiger partial charge on any atom is -0.350 e. The zero-order valence-corrected chi connectivity index (χ0v) is 14.5. The Balaban J connectivity index is 1.65. The smallest absolute Gasteiger partial charge is 0.243 e. The Kier molecular flexibility index (Phi) is 4.62. The SMILES string of the molecule is CC1(C)SC[C@H](C(=O)NCc2ccccc2-n2ccnc2)NC1=O. The van der Waals surface area contributed by atoms with E-state index in [2.05, 4.69) is 15.6 Å². The third-order valence-electron chi connectivity index (χ3n) is 4.01. The first-order valence-corrected chi connectivity index (χ1v) is 8.75. The number of imidazole rings is 1. The molecule has 24 heavy (non-hydrogen) atoms. The maximum absolute atomic E-state index is 12.4. The summed E-state index contributed by atoms with van der Waals surface area (Å²) in [6.45, 7) is 4.12. The molecule has 0 aliphatic carbocycles. The number of benzene rings is 1. The van der Waals surface area contributed by atoms with Crippen molar-refractivity contribution in [1.29, 1.82) is 0 Å². The van der Waals surface area contributed by atoms with E-state index in [4.69, 9.17) is 0 Å². The van der Waals surface area contributed by atoms with Gasteiger partial charge in [-0.15, -0.1) is 11.8 Å². The van der Waals surface area contributed by atoms with Crippen LogP contribution in [0.2, 0.25) is 0 Å². The van der Waals surface area contributed by atoms with Crippen LogP contribution in [-0.4, -0.2) is 37.9 Å². The number of hydrogen-bond acceptors (Lipinski definition) is 4. The molecule has 0 bridgehead atoms. The highest BCUT2D eigenvalue weighted by Gasteiger charge is 2.37. The lowest BCUT2D eigenvalue weighted by Gasteiger charge is -2.32. The van der Waals surface area contributed by atoms with Gasteiger partial charge in [0.15, 0.2) is 0 Å². The number of nitrogens with one attached hydrogen (secondary N) is 2. The fourth-order valence-corrected chi connectivity index (χ4v) is 3.50. The van der Waals surface area contributed by atoms with Crippen LogP contribution in [0.5, 0.6) is 0 Å². The monoisotopic (exact) mass is 344 g/mol. The number of rotatable bonds is 4. The van der Waals surface area contributed by atoms with E-state index in [1.165, 1.54) is 11.8 Å². The average Bonchev–Trinajstić information content (AvgIpc) is 3.10. The van der Waals surface area contributed by atoms with Gasteiger partial charge >= 0.3 is 0 Å². The Labute approximate surface area is 145 Å². The van der Waals surface area contributed by atoms with Crippen molar-refractivity contribution in [1.82, 2.24) is 20.2 Å². The Morgan fingerprint density at radius 2 is 2.25 bits per heavy atom. The Hall–Kier alpha value is -2.28. The summed E-state index contributed by atoms with van der Waals surface area (Å²) in [7, 11) is 0. The zero-order chi connectivity index (χ0) is 17.2. The lowest BCUT2D eigenvalue weighted by atomic mass is 10.1. The van der Waals surface area contributed by atoms with E-state index in [1.54, 1.807) is 12.5 Å². The molecule has 0 unspecified atom stereocenters. The van der Waals surface area contributed by atoms with Crippen molar-refractivity contribution < 1.29 is 9.59 Å². The van der Waals surface area contributed by atoms with Crippen molar-refractivity contribution in [2.75, 3.05) is 5.75 Å². The van der Waals surface area contributed by atoms with E-state index in [1.807, 2.05) is 48.9 Å². The maximum Gasteiger partial charge on any atom is 0.243 e. The molecular formula is C17H20N4O2S. The quantitative estimate of drug-likeness (QED) is 0.881. The summed E-state index contributed by atoms with van der Waals surface area (Å²) in [6.07, 6.45) is 5.30. The number of carbonyl (C=O) groups is 2. The standard InChI is InChI=1S/C17H20N4O2S/c1-17(2)16(23)20-13(10-24-17)15(22)19-9-12-5-3-4-6-14(12)21-8-7-18-11-21/h3-8,11,13H,9-10H2,1-2H3,(H,19,22)(H,20,23)/t13-/m1/s1. The van der Waals surface area contributed by atoms with Crippen molar-refractivity contribution in [2.45, 2.75) is 31.2 Å². The molecular weight excluding hydrogens is 324 g/mol. The molecule has 1 atom stereocenters. The second-order valence-corrected chi connectivity index (χ2v) is 7.81. The van der Waals surface area contributed by atoms with E-state index in [0.717, 1.165) is 11.3 Å². The van der Waals surface area contributed by atoms with Gasteiger partial charge in [-0.1, -0.05) is 18.2 Å². The molecule has 1 saturated heterocycles. The van der Waals surface area contributed by atoms with Gasteiger partial charge in [-0.2, -0.15) is 0 Å². The molecule has 0 saturated carbocycles. The predicted molar refractivity (Wildman–Crippen MR) is 93.9 cm³/mol. The van der Waals surface area contributed by atoms with Crippen molar-refractivity contribution in [3.63, 3.8) is 0 Å². The highest BCUT2D eigenvalue weighted by Crippen LogP contribution is 2.29. The lowest BCUT2D eigenvalue weighted by Crippen LogP contribution is -2.57. The normalized spacial score (nSPS) is 19.6. The van der Waals surface area contributed by atoms with Crippen LogP contribution in [0, 0.1) is 0 Å². The molecule has 1 aromatic heterocycles. The number of thioether (sulfide) groups is 1. The summed E-state index contributed by atoms with van der Waals surface area (Å²) < 4.78 is 1.42. The van der Waals surface area contributed by atoms with Crippen LogP contribution >= 0.6 is 11.8 Å². The van der Waals surface area contributed by atoms with E-state index < -0.39 is 10.8 Å². The molecule has 2 aromatic rings. The Morgan fingerprint density at radius 1 is 1.46 bits per heavy atom. The zero-order valence-electron chi connectivity index (χ0n) is 13.7. The second kappa shape index (κ2) is 6.68. The number of carbonyl (C=O) groups excluding carboxylic acids is 2. The van der Waals surface area contributed by atoms with Gasteiger partial charge in [-0.05, 0) is 25.5 Å². The van der Waals surface area contributed by atoms with E-state index in [0.29, 0.717) is 12.3 Å². The van der Waals surface area contributed by atoms with Crippen LogP contribution in [0.25, 0.3) is 5.69 Å². The van der Waals surface area contributed by atoms with E-state index in [-0.39, 0.29) is 11.8 Å². The fraction of sp³-hybridized carbons (Fsp3) is 0.353. The lowest BCUT2D eigenvalue weighted by molar-refractivity contribution is -0.129. The summed E-state index contributed by atoms with van der Waals surface area (Å²) in [5, 5.41) is 5.72. The van der Waals surface area contributed by atoms with Gasteiger partial charge in [0.2, 0.25) is 11.8 Å². The number of hydrogen-bond donors (Lipinski definition) is 2. The first kappa shape index (κ1) is 16.6. The van der Waals surface area contributed by atoms with Crippen molar-refractivity contribution >= 4 is 23.6 Å². The highest BCUT2D eigenvalue weighted by molar-refractivity contribution is 8.01. The first-order valence-electron chi connectivity index (χ1n) is 7.76. The van der Waals surface area contributed by atoms with Crippen molar-refractivity contribution in [3.8, 4) is 5.69 Å². The minimum absolute atomic E-state index is 0.0993. The largest absolute Gasteiger partial charge is 0.350 e. The van der Waals surface area contributed by atoms with Crippen LogP contribution in [-0.2, 0) is 16.1 Å². The number of aromatic nitrogens is 2. The van der Waals surface area contributed by atoms with Gasteiger partial charge in [-0.3, -0.25) is 9.59 Å². The Morgan fingerprint density at radius 3 is 2.96 bits per heavy atom. The van der Waals surface area contributed by atoms with Crippen LogP contribution in [0.15, 0.2) is 43.0 Å². The van der Waals surface area contributed by atoms with Gasteiger partial charge in [0, 0.05) is 24.7 Å². The molecule has 1 fully saturated rings. The molecule has 0 spiro atoms. The summed E-state index contributed by atoms with van der Waals surface area (Å²) >= 11 is 1.50. The van der Waals surface area contributed by atoms with Crippen LogP contribution in [0.1, 0.15) is 19.4 Å². The van der Waals surface area contributed by atoms with E-state index >= 15 is 0 Å². The summed E-state index contributed by atoms with van der Waals surface area (Å²) in [6, 6.07) is 7.33. The Bertz CT molecular complexity index is 743. The maximum atomic E-state index is 12.4. The summed E-state index contributed by atoms with van der Waals surface area (Å²) in [4.78, 5) is 28.4. The third kappa shape index (κ3) is 3.46. The molecule has 1 aromatic carbocycles. The molecule has 7 heteroatoms. The van der Waals surface area contributed by atoms with Crippen LogP contribution in [0.3, 0.4) is 0 Å². The minimum atomic E-state index is -0.490. The summed E-state index contributed by atoms with van der Waals surface area (Å²) in [5.74, 6) is 0.317. The molecule has 0 radical (unpaired) electrons. The van der Waals surface area contributed by atoms with E-state index in [9.17, 15) is 9.59 Å². The highest BCUT2D eigenvalue weighted by atomic mass is 32.2. The second-order valence-electron chi connectivity index (χ2n) is 6.16. The summed E-state index contributed by atoms with van der Waals surface area (Å²) in [5.41, 5.74) is 1.96. The number of para-hydroxylation sites is 1. The molecule has 1 aliphatic heterocycles. The van der Waals surface area contributed by atoms with Gasteiger partial charge in [0.1, 0.15) is 6.04 Å². The number of nitrogens with zero attached hydrogens (tertiary/aromatic N) is 2. The predicted octanol–water partition coefficient (Wildman–Crippen LogP) is 1.50. The molecule has 2 N–H and O–H groups in total. The molecule has 3 rings (SSSR count). The molecule has 126 valence electrons. The topological polar surface area (TPSA) is 76.0 Å². The molecule has 2 heterocycles. The molecule has 1 aliphatic rings. The molecule has 6 nitrogen and oxygen atoms in total. The average molecular weight is 344 g/mol. The van der Waals surface area contributed by atoms with Gasteiger partial charge < -0.3 is 15.2 Å². The van der Waals surface area contributed by atoms with Crippen LogP contribution in [0.4, 0.5) is 0 Å². The fourth-order valence-electron chi connectivity index (χ4n) is 2.49. The molecule has 2 amide bonds. The third-order valence-corrected chi connectivity index (χ3v) is 5.41. The van der Waals surface area contributed by atoms with Gasteiger partial charge in [0.05, 0.1) is 16.8 Å². The number of amides is 2. The first-order chi connectivity index (χ1) is 11.5. The van der Waals surface area contributed by atoms with Crippen molar-refractivity contribution in [2.24, 2.45) is 0 Å². The van der Waals surface area contributed by atoms with Crippen LogP contribution < -0.4 is 10.6 Å². The van der Waals surface area contributed by atoms with Gasteiger partial charge in [-0.25, -0.2) is 4.98 Å². The van der Waals surface area contributed by atoms with Gasteiger partial charge in [0.25, 0.3) is 0 Å².